The van der Waals surface area contributed by atoms with Crippen LogP contribution >= 0.6 is 0 Å². The molecule has 56 heavy (non-hydrogen) atoms. The number of nitrogens with one attached hydrogen (secondary N) is 6. The van der Waals surface area contributed by atoms with E-state index in [1.807, 2.05) is 5.32 Å². The van der Waals surface area contributed by atoms with E-state index in [9.17, 15) is 53.7 Å². The summed E-state index contributed by atoms with van der Waals surface area (Å²) >= 11 is 0. The van der Waals surface area contributed by atoms with E-state index in [0.717, 1.165) is 6.92 Å². The summed E-state index contributed by atoms with van der Waals surface area (Å²) in [6, 6.07) is -8.81. The van der Waals surface area contributed by atoms with E-state index in [4.69, 9.17) is 34.4 Å². The van der Waals surface area contributed by atoms with Crippen LogP contribution in [-0.4, -0.2) is 144 Å². The Morgan fingerprint density at radius 1 is 0.589 bits per heavy atom. The lowest BCUT2D eigenvalue weighted by Crippen LogP contribution is -2.61. The summed E-state index contributed by atoms with van der Waals surface area (Å²) in [5.74, 6) is -7.94. The number of aliphatic carboxylic acids is 1. The number of hydrogen-bond donors (Lipinski definition) is 15. The normalized spacial score (nSPS) is 14.6. The molecular weight excluding hydrogens is 742 g/mol. The second kappa shape index (κ2) is 28.3. The van der Waals surface area contributed by atoms with Crippen LogP contribution in [0.15, 0.2) is 4.99 Å². The number of carbonyl (C=O) groups is 8. The molecule has 0 aliphatic rings. The number of nitrogens with two attached hydrogens (primary N) is 6. The van der Waals surface area contributed by atoms with Crippen molar-refractivity contribution < 1.29 is 53.7 Å². The van der Waals surface area contributed by atoms with Gasteiger partial charge in [-0.15, -0.1) is 0 Å². The van der Waals surface area contributed by atoms with Crippen molar-refractivity contribution in [1.82, 2.24) is 31.9 Å². The molecule has 320 valence electrons. The van der Waals surface area contributed by atoms with Gasteiger partial charge in [-0.1, -0.05) is 0 Å². The van der Waals surface area contributed by atoms with Crippen LogP contribution in [0.3, 0.4) is 0 Å². The zero-order valence-electron chi connectivity index (χ0n) is 31.7. The Kier molecular flexibility index (Phi) is 25.7. The van der Waals surface area contributed by atoms with E-state index in [-0.39, 0.29) is 64.1 Å². The fourth-order valence-corrected chi connectivity index (χ4v) is 5.03. The van der Waals surface area contributed by atoms with Crippen LogP contribution in [0.25, 0.3) is 0 Å². The summed E-state index contributed by atoms with van der Waals surface area (Å²) in [7, 11) is 0. The van der Waals surface area contributed by atoms with Crippen LogP contribution in [0.1, 0.15) is 71.1 Å². The minimum atomic E-state index is -1.74. The number of rotatable bonds is 30. The summed E-state index contributed by atoms with van der Waals surface area (Å²) in [5.41, 5.74) is 32.7. The predicted octanol–water partition coefficient (Wildman–Crippen LogP) is -7.11. The van der Waals surface area contributed by atoms with Gasteiger partial charge in [-0.05, 0) is 77.8 Å². The van der Waals surface area contributed by atoms with Gasteiger partial charge in [-0.2, -0.15) is 0 Å². The van der Waals surface area contributed by atoms with Gasteiger partial charge in [-0.25, -0.2) is 4.79 Å². The molecular formula is C32H61N13O11. The summed E-state index contributed by atoms with van der Waals surface area (Å²) in [5, 5.41) is 43.0. The van der Waals surface area contributed by atoms with E-state index in [2.05, 4.69) is 31.6 Å². The van der Waals surface area contributed by atoms with Gasteiger partial charge in [0.05, 0.1) is 19.3 Å². The second-order valence-corrected chi connectivity index (χ2v) is 12.8. The van der Waals surface area contributed by atoms with Crippen molar-refractivity contribution in [1.29, 1.82) is 0 Å². The monoisotopic (exact) mass is 803 g/mol. The third kappa shape index (κ3) is 21.1. The van der Waals surface area contributed by atoms with Gasteiger partial charge in [0.25, 0.3) is 0 Å². The zero-order chi connectivity index (χ0) is 42.8. The molecule has 0 radical (unpaired) electrons. The van der Waals surface area contributed by atoms with Gasteiger partial charge in [0, 0.05) is 13.0 Å². The highest BCUT2D eigenvalue weighted by atomic mass is 16.4. The Balaban J connectivity index is 6.38. The number of carboxylic acids is 1. The first kappa shape index (κ1) is 50.8. The van der Waals surface area contributed by atoms with E-state index < -0.39 is 109 Å². The van der Waals surface area contributed by atoms with Gasteiger partial charge in [0.1, 0.15) is 36.3 Å². The molecule has 0 aliphatic carbocycles. The molecule has 0 heterocycles. The molecule has 0 aromatic carbocycles. The number of unbranched alkanes of at least 4 members (excludes halogenated alkanes) is 2. The number of hydrogen-bond acceptors (Lipinski definition) is 14. The highest BCUT2D eigenvalue weighted by Gasteiger charge is 2.34. The molecule has 0 aliphatic heterocycles. The van der Waals surface area contributed by atoms with Gasteiger partial charge in [0.2, 0.25) is 41.4 Å². The molecule has 7 atom stereocenters. The first-order chi connectivity index (χ1) is 26.4. The fraction of sp³-hybridized carbons (Fsp3) is 0.719. The molecule has 0 saturated carbocycles. The third-order valence-electron chi connectivity index (χ3n) is 8.11. The van der Waals surface area contributed by atoms with Gasteiger partial charge in [0.15, 0.2) is 5.96 Å². The minimum absolute atomic E-state index is 0.0381. The van der Waals surface area contributed by atoms with E-state index in [0.29, 0.717) is 19.3 Å². The van der Waals surface area contributed by atoms with Crippen LogP contribution in [0.2, 0.25) is 0 Å². The molecule has 7 amide bonds. The average Bonchev–Trinajstić information content (AvgIpc) is 3.13. The molecule has 0 spiro atoms. The Morgan fingerprint density at radius 2 is 1.02 bits per heavy atom. The van der Waals surface area contributed by atoms with Gasteiger partial charge < -0.3 is 81.6 Å². The van der Waals surface area contributed by atoms with Crippen molar-refractivity contribution in [3.05, 3.63) is 0 Å². The van der Waals surface area contributed by atoms with E-state index in [1.165, 1.54) is 0 Å². The first-order valence-corrected chi connectivity index (χ1v) is 18.2. The second-order valence-electron chi connectivity index (χ2n) is 12.8. The smallest absolute Gasteiger partial charge is 0.328 e. The van der Waals surface area contributed by atoms with Crippen molar-refractivity contribution in [3.63, 3.8) is 0 Å². The van der Waals surface area contributed by atoms with Crippen molar-refractivity contribution >= 4 is 53.3 Å². The number of primary amides is 1. The Labute approximate surface area is 324 Å². The van der Waals surface area contributed by atoms with Crippen LogP contribution in [0.5, 0.6) is 0 Å². The lowest BCUT2D eigenvalue weighted by molar-refractivity contribution is -0.144. The van der Waals surface area contributed by atoms with E-state index >= 15 is 0 Å². The molecule has 0 aromatic rings. The Morgan fingerprint density at radius 3 is 1.41 bits per heavy atom. The molecule has 0 rings (SSSR count). The Hall–Kier alpha value is -5.17. The van der Waals surface area contributed by atoms with Gasteiger partial charge >= 0.3 is 5.97 Å². The number of aliphatic hydroxyl groups excluding tert-OH is 2. The van der Waals surface area contributed by atoms with Crippen molar-refractivity contribution in [3.8, 4) is 0 Å². The average molecular weight is 804 g/mol. The predicted molar refractivity (Wildman–Crippen MR) is 201 cm³/mol. The number of aliphatic imine (C=N–C) groups is 1. The maximum atomic E-state index is 13.7. The van der Waals surface area contributed by atoms with Crippen molar-refractivity contribution in [2.24, 2.45) is 39.4 Å². The van der Waals surface area contributed by atoms with Crippen LogP contribution in [0, 0.1) is 0 Å². The first-order valence-electron chi connectivity index (χ1n) is 18.2. The molecule has 24 nitrogen and oxygen atoms in total. The third-order valence-corrected chi connectivity index (χ3v) is 8.11. The number of guanidine groups is 1. The number of aliphatic hydroxyl groups is 2. The van der Waals surface area contributed by atoms with E-state index in [1.54, 1.807) is 0 Å². The minimum Gasteiger partial charge on any atom is -0.480 e. The largest absolute Gasteiger partial charge is 0.480 e. The highest BCUT2D eigenvalue weighted by molar-refractivity contribution is 5.97. The molecule has 0 fully saturated rings. The van der Waals surface area contributed by atoms with Crippen molar-refractivity contribution in [2.75, 3.05) is 32.8 Å². The lowest BCUT2D eigenvalue weighted by atomic mass is 10.0. The highest BCUT2D eigenvalue weighted by Crippen LogP contribution is 2.09. The number of nitrogens with zero attached hydrogens (tertiary/aromatic N) is 1. The number of amides is 7. The summed E-state index contributed by atoms with van der Waals surface area (Å²) in [4.78, 5) is 106. The van der Waals surface area contributed by atoms with Crippen LogP contribution in [-0.2, 0) is 38.4 Å². The van der Waals surface area contributed by atoms with Crippen LogP contribution in [0.4, 0.5) is 0 Å². The number of carbonyl (C=O) groups excluding carboxylic acids is 7. The molecule has 0 unspecified atom stereocenters. The quantitative estimate of drug-likeness (QED) is 0.0182. The topological polar surface area (TPSA) is 438 Å². The number of carboxylic acid groups (broad SMARTS) is 1. The molecule has 0 saturated heterocycles. The maximum Gasteiger partial charge on any atom is 0.328 e. The molecule has 21 N–H and O–H groups in total. The molecule has 0 bridgehead atoms. The molecule has 0 aromatic heterocycles. The van der Waals surface area contributed by atoms with Crippen molar-refractivity contribution in [2.45, 2.75) is 113 Å². The zero-order valence-corrected chi connectivity index (χ0v) is 31.7. The molecule has 24 heteroatoms. The Bertz CT molecular complexity index is 1330. The maximum absolute atomic E-state index is 13.7. The van der Waals surface area contributed by atoms with Crippen LogP contribution < -0.4 is 66.3 Å². The summed E-state index contributed by atoms with van der Waals surface area (Å²) in [6.07, 6.45) is -0.500. The summed E-state index contributed by atoms with van der Waals surface area (Å²) < 4.78 is 0. The lowest BCUT2D eigenvalue weighted by Gasteiger charge is -2.28. The van der Waals surface area contributed by atoms with Gasteiger partial charge in [-0.3, -0.25) is 38.6 Å². The summed E-state index contributed by atoms with van der Waals surface area (Å²) in [6.45, 7) is 0.345. The SMILES string of the molecule is C[C@@H](O)[C@H](NC(=O)[C@H](CCCCN)NC(=O)[C@H](CCC(N)=O)NC(=O)[C@H](CCCCN)NC(=O)[C@H](CCCN=C(N)N)NC(=O)CN)C(=O)N[C@@H](CO)C(=O)O. The standard InChI is InChI=1S/C32H61N13O11/c1-17(47)25(30(54)44-22(16-46)31(55)56)45-29(53)20(8-3-5-13-34)42-28(52)21(10-11-23(36)48)43-27(51)19(7-2-4-12-33)41-26(50)18(40-24(49)15-35)9-6-14-39-32(37)38/h17-22,25,46-47H,2-16,33-35H2,1H3,(H2,36,48)(H,40,49)(H,41,50)(H,42,52)(H,43,51)(H,44,54)(H,45,53)(H,55,56)(H4,37,38,39)/t17-,18+,19+,20+,21+,22+,25+/m1/s1. The fourth-order valence-electron chi connectivity index (χ4n) is 5.03.